The van der Waals surface area contributed by atoms with Gasteiger partial charge in [-0.15, -0.1) is 0 Å². The Hall–Kier alpha value is -1.26. The monoisotopic (exact) mass is 213 g/mol. The van der Waals surface area contributed by atoms with Gasteiger partial charge in [0.15, 0.2) is 0 Å². The molecule has 1 N–H and O–H groups in total. The molecule has 84 valence electrons. The SMILES string of the molecule is O=C(O)CC1(CN2CCOC2=O)CCC1. The average Bonchev–Trinajstić information content (AvgIpc) is 2.47. The largest absolute Gasteiger partial charge is 0.481 e. The van der Waals surface area contributed by atoms with Gasteiger partial charge in [0.2, 0.25) is 0 Å². The Balaban J connectivity index is 1.95. The summed E-state index contributed by atoms with van der Waals surface area (Å²) in [6.45, 7) is 1.57. The molecule has 0 unspecified atom stereocenters. The highest BCUT2D eigenvalue weighted by atomic mass is 16.6. The van der Waals surface area contributed by atoms with Crippen LogP contribution in [0.2, 0.25) is 0 Å². The smallest absolute Gasteiger partial charge is 0.409 e. The highest BCUT2D eigenvalue weighted by Gasteiger charge is 2.42. The van der Waals surface area contributed by atoms with Gasteiger partial charge in [0, 0.05) is 6.54 Å². The molecule has 1 saturated carbocycles. The molecule has 5 nitrogen and oxygen atoms in total. The summed E-state index contributed by atoms with van der Waals surface area (Å²) in [6, 6.07) is 0. The highest BCUT2D eigenvalue weighted by molar-refractivity contribution is 5.70. The molecule has 0 bridgehead atoms. The summed E-state index contributed by atoms with van der Waals surface area (Å²) in [5.74, 6) is -0.776. The fourth-order valence-corrected chi connectivity index (χ4v) is 2.36. The van der Waals surface area contributed by atoms with Crippen molar-refractivity contribution in [2.45, 2.75) is 25.7 Å². The first-order valence-electron chi connectivity index (χ1n) is 5.25. The van der Waals surface area contributed by atoms with Crippen molar-refractivity contribution < 1.29 is 19.4 Å². The number of nitrogens with zero attached hydrogens (tertiary/aromatic N) is 1. The molecular weight excluding hydrogens is 198 g/mol. The summed E-state index contributed by atoms with van der Waals surface area (Å²) in [6.07, 6.45) is 2.74. The van der Waals surface area contributed by atoms with Crippen LogP contribution in [0.3, 0.4) is 0 Å². The quantitative estimate of drug-likeness (QED) is 0.758. The molecule has 1 aliphatic heterocycles. The third-order valence-corrected chi connectivity index (χ3v) is 3.31. The molecule has 2 rings (SSSR count). The van der Waals surface area contributed by atoms with E-state index in [4.69, 9.17) is 9.84 Å². The molecule has 1 saturated heterocycles. The molecule has 2 fully saturated rings. The van der Waals surface area contributed by atoms with Crippen molar-refractivity contribution in [1.82, 2.24) is 4.90 Å². The second-order valence-electron chi connectivity index (χ2n) is 4.46. The Bertz CT molecular complexity index is 285. The van der Waals surface area contributed by atoms with E-state index in [1.54, 1.807) is 4.90 Å². The molecular formula is C10H15NO4. The van der Waals surface area contributed by atoms with Gasteiger partial charge >= 0.3 is 12.1 Å². The predicted octanol–water partition coefficient (Wildman–Crippen LogP) is 1.08. The molecule has 0 aromatic carbocycles. The average molecular weight is 213 g/mol. The minimum absolute atomic E-state index is 0.163. The Labute approximate surface area is 88.0 Å². The summed E-state index contributed by atoms with van der Waals surface area (Å²) < 4.78 is 4.82. The van der Waals surface area contributed by atoms with E-state index in [9.17, 15) is 9.59 Å². The first-order chi connectivity index (χ1) is 7.11. The Morgan fingerprint density at radius 1 is 1.53 bits per heavy atom. The third-order valence-electron chi connectivity index (χ3n) is 3.31. The zero-order valence-corrected chi connectivity index (χ0v) is 8.57. The molecule has 2 aliphatic rings. The molecule has 0 spiro atoms. The van der Waals surface area contributed by atoms with Gasteiger partial charge in [0.25, 0.3) is 0 Å². The fraction of sp³-hybridized carbons (Fsp3) is 0.800. The maximum atomic E-state index is 11.2. The first-order valence-corrected chi connectivity index (χ1v) is 5.25. The zero-order valence-electron chi connectivity index (χ0n) is 8.57. The van der Waals surface area contributed by atoms with Gasteiger partial charge in [-0.25, -0.2) is 4.79 Å². The third kappa shape index (κ3) is 2.06. The van der Waals surface area contributed by atoms with Crippen molar-refractivity contribution >= 4 is 12.1 Å². The van der Waals surface area contributed by atoms with Gasteiger partial charge in [-0.2, -0.15) is 0 Å². The van der Waals surface area contributed by atoms with Crippen molar-refractivity contribution in [3.05, 3.63) is 0 Å². The molecule has 0 aromatic heterocycles. The lowest BCUT2D eigenvalue weighted by atomic mass is 9.66. The van der Waals surface area contributed by atoms with Gasteiger partial charge in [-0.3, -0.25) is 4.79 Å². The van der Waals surface area contributed by atoms with Gasteiger partial charge in [0.1, 0.15) is 6.61 Å². The molecule has 15 heavy (non-hydrogen) atoms. The molecule has 1 aliphatic carbocycles. The first kappa shape index (κ1) is 10.3. The van der Waals surface area contributed by atoms with Crippen molar-refractivity contribution in [1.29, 1.82) is 0 Å². The summed E-state index contributed by atoms with van der Waals surface area (Å²) >= 11 is 0. The number of hydrogen-bond acceptors (Lipinski definition) is 3. The van der Waals surface area contributed by atoms with Crippen molar-refractivity contribution in [3.63, 3.8) is 0 Å². The number of amides is 1. The van der Waals surface area contributed by atoms with Crippen LogP contribution in [-0.4, -0.2) is 41.8 Å². The molecule has 1 heterocycles. The number of carboxylic acids is 1. The molecule has 1 amide bonds. The lowest BCUT2D eigenvalue weighted by molar-refractivity contribution is -0.141. The van der Waals surface area contributed by atoms with E-state index in [2.05, 4.69) is 0 Å². The second-order valence-corrected chi connectivity index (χ2v) is 4.46. The second kappa shape index (κ2) is 3.72. The summed E-state index contributed by atoms with van der Waals surface area (Å²) in [7, 11) is 0. The lowest BCUT2D eigenvalue weighted by Crippen LogP contribution is -2.44. The van der Waals surface area contributed by atoms with Crippen molar-refractivity contribution in [2.24, 2.45) is 5.41 Å². The van der Waals surface area contributed by atoms with Gasteiger partial charge < -0.3 is 14.7 Å². The van der Waals surface area contributed by atoms with Crippen LogP contribution in [0.15, 0.2) is 0 Å². The normalized spacial score (nSPS) is 23.5. The molecule has 0 aromatic rings. The number of cyclic esters (lactones) is 1. The van der Waals surface area contributed by atoms with Crippen LogP contribution >= 0.6 is 0 Å². The molecule has 0 radical (unpaired) electrons. The maximum absolute atomic E-state index is 11.2. The fourth-order valence-electron chi connectivity index (χ4n) is 2.36. The lowest BCUT2D eigenvalue weighted by Gasteiger charge is -2.42. The van der Waals surface area contributed by atoms with Gasteiger partial charge in [0.05, 0.1) is 13.0 Å². The number of carbonyl (C=O) groups excluding carboxylic acids is 1. The summed E-state index contributed by atoms with van der Waals surface area (Å²) in [5.41, 5.74) is -0.185. The van der Waals surface area contributed by atoms with E-state index in [0.717, 1.165) is 19.3 Å². The van der Waals surface area contributed by atoms with Gasteiger partial charge in [-0.05, 0) is 18.3 Å². The van der Waals surface area contributed by atoms with Crippen LogP contribution in [0.25, 0.3) is 0 Å². The number of ether oxygens (including phenoxy) is 1. The summed E-state index contributed by atoms with van der Waals surface area (Å²) in [4.78, 5) is 23.6. The van der Waals surface area contributed by atoms with Crippen LogP contribution in [0.5, 0.6) is 0 Å². The van der Waals surface area contributed by atoms with Crippen molar-refractivity contribution in [3.8, 4) is 0 Å². The Kier molecular flexibility index (Phi) is 2.54. The molecule has 0 atom stereocenters. The number of carbonyl (C=O) groups is 2. The number of aliphatic carboxylic acids is 1. The van der Waals surface area contributed by atoms with E-state index >= 15 is 0 Å². The summed E-state index contributed by atoms with van der Waals surface area (Å²) in [5, 5.41) is 8.82. The van der Waals surface area contributed by atoms with Crippen LogP contribution < -0.4 is 0 Å². The van der Waals surface area contributed by atoms with E-state index in [1.165, 1.54) is 0 Å². The number of hydrogen-bond donors (Lipinski definition) is 1. The number of rotatable bonds is 4. The minimum atomic E-state index is -0.776. The van der Waals surface area contributed by atoms with Crippen LogP contribution in [0, 0.1) is 5.41 Å². The Morgan fingerprint density at radius 3 is 2.67 bits per heavy atom. The number of carboxylic acid groups (broad SMARTS) is 1. The zero-order chi connectivity index (χ0) is 10.9. The van der Waals surface area contributed by atoms with Crippen LogP contribution in [0.1, 0.15) is 25.7 Å². The van der Waals surface area contributed by atoms with E-state index in [-0.39, 0.29) is 17.9 Å². The highest BCUT2D eigenvalue weighted by Crippen LogP contribution is 2.44. The topological polar surface area (TPSA) is 66.8 Å². The van der Waals surface area contributed by atoms with Crippen LogP contribution in [0.4, 0.5) is 4.79 Å². The van der Waals surface area contributed by atoms with Crippen molar-refractivity contribution in [2.75, 3.05) is 19.7 Å². The standard InChI is InChI=1S/C10H15NO4/c12-8(13)6-10(2-1-3-10)7-11-4-5-15-9(11)14/h1-7H2,(H,12,13). The van der Waals surface area contributed by atoms with E-state index in [1.807, 2.05) is 0 Å². The molecule has 5 heteroatoms. The Morgan fingerprint density at radius 2 is 2.27 bits per heavy atom. The predicted molar refractivity (Wildman–Crippen MR) is 51.5 cm³/mol. The maximum Gasteiger partial charge on any atom is 0.409 e. The van der Waals surface area contributed by atoms with E-state index in [0.29, 0.717) is 19.7 Å². The van der Waals surface area contributed by atoms with Gasteiger partial charge in [-0.1, -0.05) is 6.42 Å². The van der Waals surface area contributed by atoms with E-state index < -0.39 is 5.97 Å². The minimum Gasteiger partial charge on any atom is -0.481 e. The van der Waals surface area contributed by atoms with Crippen LogP contribution in [-0.2, 0) is 9.53 Å².